The van der Waals surface area contributed by atoms with Crippen molar-refractivity contribution in [1.29, 1.82) is 0 Å². The van der Waals surface area contributed by atoms with E-state index in [2.05, 4.69) is 5.32 Å². The number of carbonyl (C=O) groups excluding carboxylic acids is 2. The Balaban J connectivity index is 1.43. The van der Waals surface area contributed by atoms with Gasteiger partial charge in [0.2, 0.25) is 0 Å². The summed E-state index contributed by atoms with van der Waals surface area (Å²) in [5.41, 5.74) is 0.0555. The minimum Gasteiger partial charge on any atom is -0.334 e. The quantitative estimate of drug-likeness (QED) is 0.670. The van der Waals surface area contributed by atoms with Crippen molar-refractivity contribution in [3.63, 3.8) is 0 Å². The lowest BCUT2D eigenvalue weighted by molar-refractivity contribution is -0.157. The molecule has 1 spiro atoms. The van der Waals surface area contributed by atoms with Crippen LogP contribution in [0.1, 0.15) is 44.9 Å². The molecule has 1 N–H and O–H groups in total. The number of hydrogen-bond donors (Lipinski definition) is 1. The van der Waals surface area contributed by atoms with Crippen LogP contribution in [-0.2, 0) is 9.59 Å². The normalized spacial score (nSPS) is 33.9. The lowest BCUT2D eigenvalue weighted by atomic mass is 9.75. The molecule has 0 aromatic carbocycles. The summed E-state index contributed by atoms with van der Waals surface area (Å²) in [5.74, 6) is 0.0804. The molecule has 4 aliphatic rings. The maximum atomic E-state index is 12.7. The summed E-state index contributed by atoms with van der Waals surface area (Å²) in [4.78, 5) is 29.0. The first-order valence-corrected chi connectivity index (χ1v) is 8.54. The highest BCUT2D eigenvalue weighted by molar-refractivity contribution is 6.35. The van der Waals surface area contributed by atoms with E-state index in [1.807, 2.05) is 9.80 Å². The molecule has 4 rings (SSSR count). The van der Waals surface area contributed by atoms with Gasteiger partial charge >= 0.3 is 11.8 Å². The minimum atomic E-state index is -0.242. The molecule has 5 heteroatoms. The molecule has 2 amide bonds. The third-order valence-corrected chi connectivity index (χ3v) is 6.25. The molecular weight excluding hydrogens is 266 g/mol. The smallest absolute Gasteiger partial charge is 0.312 e. The van der Waals surface area contributed by atoms with Crippen molar-refractivity contribution >= 4 is 11.8 Å². The SMILES string of the molecule is O=C(C(=O)N1CCCC12CCC2)N1CCC2NCCC2C1. The molecule has 5 nitrogen and oxygen atoms in total. The molecule has 3 saturated heterocycles. The lowest BCUT2D eigenvalue weighted by Gasteiger charge is -2.46. The molecule has 0 bridgehead atoms. The molecule has 116 valence electrons. The first kappa shape index (κ1) is 13.6. The van der Waals surface area contributed by atoms with E-state index in [1.54, 1.807) is 0 Å². The summed E-state index contributed by atoms with van der Waals surface area (Å²) in [6, 6.07) is 0.564. The number of fused-ring (bicyclic) bond motifs is 1. The number of nitrogens with one attached hydrogen (secondary N) is 1. The molecule has 0 radical (unpaired) electrons. The molecule has 4 fully saturated rings. The second-order valence-corrected chi connectivity index (χ2v) is 7.29. The summed E-state index contributed by atoms with van der Waals surface area (Å²) in [6.07, 6.45) is 7.69. The van der Waals surface area contributed by atoms with Gasteiger partial charge in [0, 0.05) is 31.2 Å². The molecule has 1 aliphatic carbocycles. The molecular formula is C16H25N3O2. The molecule has 0 aromatic heterocycles. The summed E-state index contributed by atoms with van der Waals surface area (Å²) in [5, 5.41) is 3.50. The van der Waals surface area contributed by atoms with Gasteiger partial charge in [-0.3, -0.25) is 9.59 Å². The minimum absolute atomic E-state index is 0.0555. The van der Waals surface area contributed by atoms with Crippen molar-refractivity contribution in [2.75, 3.05) is 26.2 Å². The van der Waals surface area contributed by atoms with Crippen LogP contribution in [0.15, 0.2) is 0 Å². The van der Waals surface area contributed by atoms with Gasteiger partial charge in [-0.15, -0.1) is 0 Å². The summed E-state index contributed by atoms with van der Waals surface area (Å²) in [7, 11) is 0. The standard InChI is InChI=1S/C16H25N3O2/c20-14(18-10-4-13-12(11-18)3-8-17-13)15(21)19-9-2-7-16(19)5-1-6-16/h12-13,17H,1-11H2. The fraction of sp³-hybridized carbons (Fsp3) is 0.875. The monoisotopic (exact) mass is 291 g/mol. The van der Waals surface area contributed by atoms with E-state index in [4.69, 9.17) is 0 Å². The third-order valence-electron chi connectivity index (χ3n) is 6.25. The van der Waals surface area contributed by atoms with Crippen molar-refractivity contribution in [3.05, 3.63) is 0 Å². The predicted octanol–water partition coefficient (Wildman–Crippen LogP) is 0.742. The zero-order valence-corrected chi connectivity index (χ0v) is 12.6. The van der Waals surface area contributed by atoms with E-state index < -0.39 is 0 Å². The van der Waals surface area contributed by atoms with Gasteiger partial charge in [-0.25, -0.2) is 0 Å². The lowest BCUT2D eigenvalue weighted by Crippen LogP contribution is -2.58. The molecule has 1 saturated carbocycles. The number of rotatable bonds is 0. The number of amides is 2. The van der Waals surface area contributed by atoms with Gasteiger partial charge in [0.25, 0.3) is 0 Å². The van der Waals surface area contributed by atoms with E-state index in [0.717, 1.165) is 64.7 Å². The van der Waals surface area contributed by atoms with E-state index in [0.29, 0.717) is 12.0 Å². The van der Waals surface area contributed by atoms with Crippen LogP contribution in [0, 0.1) is 5.92 Å². The van der Waals surface area contributed by atoms with E-state index in [-0.39, 0.29) is 17.4 Å². The fourth-order valence-corrected chi connectivity index (χ4v) is 4.84. The Morgan fingerprint density at radius 3 is 2.57 bits per heavy atom. The average Bonchev–Trinajstić information content (AvgIpc) is 3.10. The largest absolute Gasteiger partial charge is 0.334 e. The highest BCUT2D eigenvalue weighted by atomic mass is 16.2. The molecule has 2 atom stereocenters. The number of hydrogen-bond acceptors (Lipinski definition) is 3. The number of likely N-dealkylation sites (tertiary alicyclic amines) is 2. The highest BCUT2D eigenvalue weighted by Crippen LogP contribution is 2.45. The van der Waals surface area contributed by atoms with Crippen LogP contribution in [0.2, 0.25) is 0 Å². The Labute approximate surface area is 126 Å². The van der Waals surface area contributed by atoms with Crippen LogP contribution < -0.4 is 5.32 Å². The van der Waals surface area contributed by atoms with Gasteiger partial charge < -0.3 is 15.1 Å². The zero-order chi connectivity index (χ0) is 14.4. The Bertz CT molecular complexity index is 460. The van der Waals surface area contributed by atoms with E-state index >= 15 is 0 Å². The van der Waals surface area contributed by atoms with Gasteiger partial charge in [-0.1, -0.05) is 0 Å². The first-order chi connectivity index (χ1) is 10.2. The number of piperidine rings is 1. The van der Waals surface area contributed by atoms with Crippen molar-refractivity contribution in [3.8, 4) is 0 Å². The molecule has 3 aliphatic heterocycles. The van der Waals surface area contributed by atoms with Crippen molar-refractivity contribution < 1.29 is 9.59 Å². The van der Waals surface area contributed by atoms with Gasteiger partial charge in [0.15, 0.2) is 0 Å². The Morgan fingerprint density at radius 1 is 1.00 bits per heavy atom. The summed E-state index contributed by atoms with van der Waals surface area (Å²) >= 11 is 0. The zero-order valence-electron chi connectivity index (χ0n) is 12.6. The summed E-state index contributed by atoms with van der Waals surface area (Å²) in [6.45, 7) is 3.34. The fourth-order valence-electron chi connectivity index (χ4n) is 4.84. The van der Waals surface area contributed by atoms with Crippen LogP contribution in [0.5, 0.6) is 0 Å². The summed E-state index contributed by atoms with van der Waals surface area (Å²) < 4.78 is 0. The highest BCUT2D eigenvalue weighted by Gasteiger charge is 2.50. The number of carbonyl (C=O) groups is 2. The second kappa shape index (κ2) is 4.97. The van der Waals surface area contributed by atoms with Crippen LogP contribution >= 0.6 is 0 Å². The van der Waals surface area contributed by atoms with Crippen molar-refractivity contribution in [2.45, 2.75) is 56.5 Å². The van der Waals surface area contributed by atoms with Gasteiger partial charge in [-0.2, -0.15) is 0 Å². The maximum Gasteiger partial charge on any atom is 0.312 e. The molecule has 0 aromatic rings. The van der Waals surface area contributed by atoms with Gasteiger partial charge in [-0.05, 0) is 57.4 Å². The Morgan fingerprint density at radius 2 is 1.81 bits per heavy atom. The van der Waals surface area contributed by atoms with Crippen molar-refractivity contribution in [2.24, 2.45) is 5.92 Å². The maximum absolute atomic E-state index is 12.7. The molecule has 21 heavy (non-hydrogen) atoms. The molecule has 3 heterocycles. The average molecular weight is 291 g/mol. The van der Waals surface area contributed by atoms with Crippen molar-refractivity contribution in [1.82, 2.24) is 15.1 Å². The number of nitrogens with zero attached hydrogens (tertiary/aromatic N) is 2. The predicted molar refractivity (Wildman–Crippen MR) is 78.6 cm³/mol. The Kier molecular flexibility index (Phi) is 3.21. The Hall–Kier alpha value is -1.10. The van der Waals surface area contributed by atoms with Crippen LogP contribution in [0.3, 0.4) is 0 Å². The van der Waals surface area contributed by atoms with E-state index in [1.165, 1.54) is 6.42 Å². The van der Waals surface area contributed by atoms with Crippen LogP contribution in [0.4, 0.5) is 0 Å². The van der Waals surface area contributed by atoms with Crippen LogP contribution in [-0.4, -0.2) is 59.4 Å². The third kappa shape index (κ3) is 2.08. The van der Waals surface area contributed by atoms with Crippen LogP contribution in [0.25, 0.3) is 0 Å². The first-order valence-electron chi connectivity index (χ1n) is 8.54. The molecule has 2 unspecified atom stereocenters. The second-order valence-electron chi connectivity index (χ2n) is 7.29. The van der Waals surface area contributed by atoms with Gasteiger partial charge in [0.1, 0.15) is 0 Å². The van der Waals surface area contributed by atoms with Gasteiger partial charge in [0.05, 0.1) is 0 Å². The van der Waals surface area contributed by atoms with E-state index in [9.17, 15) is 9.59 Å². The topological polar surface area (TPSA) is 52.7 Å².